The van der Waals surface area contributed by atoms with Crippen LogP contribution in [0.2, 0.25) is 0 Å². The molecule has 0 bridgehead atoms. The van der Waals surface area contributed by atoms with Gasteiger partial charge in [-0.05, 0) is 31.2 Å². The maximum absolute atomic E-state index is 11.1. The monoisotopic (exact) mass is 298 g/mol. The second kappa shape index (κ2) is 6.50. The van der Waals surface area contributed by atoms with E-state index in [0.717, 1.165) is 0 Å². The molecule has 1 saturated heterocycles. The van der Waals surface area contributed by atoms with Gasteiger partial charge in [0.1, 0.15) is 36.8 Å². The zero-order valence-corrected chi connectivity index (χ0v) is 11.4. The molecule has 2 rings (SSSR count). The lowest BCUT2D eigenvalue weighted by atomic mass is 9.99. The van der Waals surface area contributed by atoms with Gasteiger partial charge in [0.05, 0.1) is 0 Å². The van der Waals surface area contributed by atoms with Gasteiger partial charge >= 0.3 is 0 Å². The van der Waals surface area contributed by atoms with Crippen LogP contribution in [0.4, 0.5) is 0 Å². The van der Waals surface area contributed by atoms with Gasteiger partial charge < -0.3 is 29.9 Å². The Kier molecular flexibility index (Phi) is 4.92. The molecular formula is C14H18O7. The molecule has 4 N–H and O–H groups in total. The summed E-state index contributed by atoms with van der Waals surface area (Å²) in [6.07, 6.45) is -7.02. The van der Waals surface area contributed by atoms with E-state index >= 15 is 0 Å². The molecule has 0 aromatic heterocycles. The van der Waals surface area contributed by atoms with Crippen molar-refractivity contribution in [2.45, 2.75) is 37.6 Å². The van der Waals surface area contributed by atoms with Crippen LogP contribution in [0, 0.1) is 0 Å². The average Bonchev–Trinajstić information content (AvgIpc) is 2.48. The number of ether oxygens (including phenoxy) is 2. The molecule has 1 aliphatic rings. The molecule has 1 aliphatic heterocycles. The molecule has 1 aromatic carbocycles. The second-order valence-electron chi connectivity index (χ2n) is 4.93. The van der Waals surface area contributed by atoms with Gasteiger partial charge in [0, 0.05) is 5.56 Å². The van der Waals surface area contributed by atoms with Crippen LogP contribution >= 0.6 is 0 Å². The van der Waals surface area contributed by atoms with Crippen molar-refractivity contribution in [3.63, 3.8) is 0 Å². The van der Waals surface area contributed by atoms with Gasteiger partial charge in [-0.2, -0.15) is 0 Å². The summed E-state index contributed by atoms with van der Waals surface area (Å²) in [5.74, 6) is 0.388. The molecule has 116 valence electrons. The van der Waals surface area contributed by atoms with Crippen LogP contribution in [-0.4, -0.2) is 63.5 Å². The van der Waals surface area contributed by atoms with E-state index in [-0.39, 0.29) is 12.4 Å². The minimum Gasteiger partial charge on any atom is -0.491 e. The van der Waals surface area contributed by atoms with Gasteiger partial charge in [-0.15, -0.1) is 0 Å². The predicted octanol–water partition coefficient (Wildman–Crippen LogP) is -0.932. The highest BCUT2D eigenvalue weighted by molar-refractivity contribution is 5.94. The van der Waals surface area contributed by atoms with Crippen LogP contribution < -0.4 is 4.74 Å². The Morgan fingerprint density at radius 1 is 1.10 bits per heavy atom. The van der Waals surface area contributed by atoms with Gasteiger partial charge in [-0.3, -0.25) is 4.79 Å². The quantitative estimate of drug-likeness (QED) is 0.530. The van der Waals surface area contributed by atoms with Crippen LogP contribution in [0.5, 0.6) is 5.75 Å². The first-order chi connectivity index (χ1) is 9.90. The summed E-state index contributed by atoms with van der Waals surface area (Å²) in [4.78, 5) is 11.1. The zero-order valence-electron chi connectivity index (χ0n) is 11.4. The molecule has 0 spiro atoms. The predicted molar refractivity (Wildman–Crippen MR) is 70.8 cm³/mol. The number of rotatable bonds is 4. The van der Waals surface area contributed by atoms with Crippen molar-refractivity contribution >= 4 is 5.78 Å². The van der Waals surface area contributed by atoms with Gasteiger partial charge in [0.25, 0.3) is 0 Å². The molecule has 21 heavy (non-hydrogen) atoms. The summed E-state index contributed by atoms with van der Waals surface area (Å²) in [6.45, 7) is 1.33. The molecule has 1 aromatic rings. The average molecular weight is 298 g/mol. The van der Waals surface area contributed by atoms with Gasteiger partial charge in [-0.25, -0.2) is 0 Å². The third-order valence-electron chi connectivity index (χ3n) is 3.36. The first-order valence-electron chi connectivity index (χ1n) is 6.51. The smallest absolute Gasteiger partial charge is 0.184 e. The first-order valence-corrected chi connectivity index (χ1v) is 6.51. The van der Waals surface area contributed by atoms with Gasteiger partial charge in [-0.1, -0.05) is 0 Å². The zero-order chi connectivity index (χ0) is 15.6. The molecule has 1 heterocycles. The highest BCUT2D eigenvalue weighted by atomic mass is 16.6. The van der Waals surface area contributed by atoms with Gasteiger partial charge in [0.2, 0.25) is 0 Å². The van der Waals surface area contributed by atoms with Crippen LogP contribution in [0.1, 0.15) is 17.3 Å². The van der Waals surface area contributed by atoms with E-state index in [0.29, 0.717) is 11.3 Å². The van der Waals surface area contributed by atoms with Crippen molar-refractivity contribution in [2.75, 3.05) is 6.61 Å². The summed E-state index contributed by atoms with van der Waals surface area (Å²) >= 11 is 0. The minimum atomic E-state index is -1.59. The lowest BCUT2D eigenvalue weighted by Crippen LogP contribution is -2.58. The van der Waals surface area contributed by atoms with Crippen molar-refractivity contribution in [3.05, 3.63) is 29.8 Å². The number of benzene rings is 1. The standard InChI is InChI=1S/C14H18O7/c1-7(15)8-2-4-9(5-3-8)20-6-10-11(16)12(17)13(18)14(19)21-10/h2-5,10-14,16-19H,6H2,1H3/t10-,11+,12+,13-,14+/m1/s1. The number of hydrogen-bond donors (Lipinski definition) is 4. The van der Waals surface area contributed by atoms with Crippen molar-refractivity contribution in [3.8, 4) is 5.75 Å². The first kappa shape index (κ1) is 15.9. The number of aliphatic hydroxyl groups is 4. The fourth-order valence-corrected chi connectivity index (χ4v) is 2.03. The van der Waals surface area contributed by atoms with Crippen molar-refractivity contribution in [2.24, 2.45) is 0 Å². The third-order valence-corrected chi connectivity index (χ3v) is 3.36. The van der Waals surface area contributed by atoms with Crippen molar-refractivity contribution < 1.29 is 34.7 Å². The number of aliphatic hydroxyl groups excluding tert-OH is 4. The van der Waals surface area contributed by atoms with Crippen LogP contribution in [0.3, 0.4) is 0 Å². The van der Waals surface area contributed by atoms with E-state index in [4.69, 9.17) is 9.47 Å². The number of hydrogen-bond acceptors (Lipinski definition) is 7. The van der Waals surface area contributed by atoms with Crippen LogP contribution in [-0.2, 0) is 4.74 Å². The lowest BCUT2D eigenvalue weighted by molar-refractivity contribution is -0.285. The molecule has 0 aliphatic carbocycles. The van der Waals surface area contributed by atoms with Crippen LogP contribution in [0.25, 0.3) is 0 Å². The summed E-state index contributed by atoms with van der Waals surface area (Å²) in [5, 5.41) is 38.0. The minimum absolute atomic E-state index is 0.0622. The van der Waals surface area contributed by atoms with Gasteiger partial charge in [0.15, 0.2) is 12.1 Å². The van der Waals surface area contributed by atoms with Crippen LogP contribution in [0.15, 0.2) is 24.3 Å². The van der Waals surface area contributed by atoms with E-state index in [1.807, 2.05) is 0 Å². The molecule has 7 nitrogen and oxygen atoms in total. The van der Waals surface area contributed by atoms with E-state index in [2.05, 4.69) is 0 Å². The fourth-order valence-electron chi connectivity index (χ4n) is 2.03. The van der Waals surface area contributed by atoms with Crippen molar-refractivity contribution in [1.82, 2.24) is 0 Å². The molecule has 0 radical (unpaired) electrons. The summed E-state index contributed by atoms with van der Waals surface area (Å²) in [7, 11) is 0. The molecule has 7 heteroatoms. The molecule has 1 fully saturated rings. The Bertz CT molecular complexity index is 487. The Morgan fingerprint density at radius 2 is 1.71 bits per heavy atom. The molecule has 0 amide bonds. The summed E-state index contributed by atoms with van der Waals surface area (Å²) in [6, 6.07) is 6.38. The third kappa shape index (κ3) is 3.58. The summed E-state index contributed by atoms with van der Waals surface area (Å²) < 4.78 is 10.4. The topological polar surface area (TPSA) is 116 Å². The molecular weight excluding hydrogens is 280 g/mol. The Labute approximate surface area is 121 Å². The van der Waals surface area contributed by atoms with Crippen molar-refractivity contribution in [1.29, 1.82) is 0 Å². The maximum atomic E-state index is 11.1. The van der Waals surface area contributed by atoms with E-state index in [1.54, 1.807) is 24.3 Å². The Balaban J connectivity index is 1.94. The lowest BCUT2D eigenvalue weighted by Gasteiger charge is -2.38. The molecule has 0 saturated carbocycles. The number of carbonyl (C=O) groups excluding carboxylic acids is 1. The highest BCUT2D eigenvalue weighted by Crippen LogP contribution is 2.21. The normalized spacial score (nSPS) is 32.7. The number of carbonyl (C=O) groups is 1. The van der Waals surface area contributed by atoms with E-state index < -0.39 is 30.7 Å². The maximum Gasteiger partial charge on any atom is 0.184 e. The van der Waals surface area contributed by atoms with E-state index in [1.165, 1.54) is 6.92 Å². The SMILES string of the molecule is CC(=O)c1ccc(OC[C@H]2O[C@H](O)[C@H](O)[C@@H](O)[C@H]2O)cc1. The van der Waals surface area contributed by atoms with E-state index in [9.17, 15) is 25.2 Å². The molecule has 5 atom stereocenters. The Morgan fingerprint density at radius 3 is 2.29 bits per heavy atom. The largest absolute Gasteiger partial charge is 0.491 e. The number of Topliss-reactive ketones (excluding diaryl/α,β-unsaturated/α-hetero) is 1. The second-order valence-corrected chi connectivity index (χ2v) is 4.93. The Hall–Kier alpha value is -1.51. The highest BCUT2D eigenvalue weighted by Gasteiger charge is 2.43. The summed E-state index contributed by atoms with van der Waals surface area (Å²) in [5.41, 5.74) is 0.547. The number of ketones is 1. The fraction of sp³-hybridized carbons (Fsp3) is 0.500. The molecule has 0 unspecified atom stereocenters.